The number of ether oxygens (including phenoxy) is 2. The highest BCUT2D eigenvalue weighted by Crippen LogP contribution is 2.52. The Labute approximate surface area is 173 Å². The number of likely N-dealkylation sites (tertiary alicyclic amines) is 1. The van der Waals surface area contributed by atoms with E-state index in [0.29, 0.717) is 19.6 Å². The second-order valence-electron chi connectivity index (χ2n) is 7.70. The van der Waals surface area contributed by atoms with Crippen molar-refractivity contribution < 1.29 is 19.1 Å². The molecule has 3 aliphatic heterocycles. The molecule has 0 aliphatic carbocycles. The fourth-order valence-corrected chi connectivity index (χ4v) is 5.47. The van der Waals surface area contributed by atoms with Crippen LogP contribution < -0.4 is 10.1 Å². The van der Waals surface area contributed by atoms with E-state index in [1.165, 1.54) is 0 Å². The third-order valence-electron chi connectivity index (χ3n) is 6.05. The lowest BCUT2D eigenvalue weighted by Crippen LogP contribution is -2.43. The van der Waals surface area contributed by atoms with E-state index in [9.17, 15) is 9.59 Å². The van der Waals surface area contributed by atoms with Gasteiger partial charge in [0.2, 0.25) is 11.8 Å². The Bertz CT molecular complexity index is 973. The first-order valence-corrected chi connectivity index (χ1v) is 10.6. The summed E-state index contributed by atoms with van der Waals surface area (Å²) in [6.07, 6.45) is 3.58. The van der Waals surface area contributed by atoms with Crippen LogP contribution >= 0.6 is 11.3 Å². The van der Waals surface area contributed by atoms with Crippen LogP contribution in [0.1, 0.15) is 10.4 Å². The topological polar surface area (TPSA) is 67.9 Å². The molecule has 5 rings (SSSR count). The number of rotatable bonds is 6. The molecule has 2 bridgehead atoms. The summed E-state index contributed by atoms with van der Waals surface area (Å²) in [5.41, 5.74) is 0.223. The van der Waals surface area contributed by atoms with Crippen molar-refractivity contribution in [3.63, 3.8) is 0 Å². The van der Waals surface area contributed by atoms with Gasteiger partial charge in [-0.2, -0.15) is 0 Å². The monoisotopic (exact) mass is 410 g/mol. The summed E-state index contributed by atoms with van der Waals surface area (Å²) < 4.78 is 11.5. The fourth-order valence-electron chi connectivity index (χ4n) is 4.75. The van der Waals surface area contributed by atoms with Crippen LogP contribution in [-0.4, -0.2) is 42.1 Å². The summed E-state index contributed by atoms with van der Waals surface area (Å²) >= 11 is 1.63. The number of methoxy groups -OCH3 is 1. The molecule has 1 N–H and O–H groups in total. The number of nitrogens with one attached hydrogen (secondary N) is 1. The molecule has 7 heteroatoms. The highest BCUT2D eigenvalue weighted by Gasteiger charge is 2.66. The number of nitrogens with zero attached hydrogens (tertiary/aromatic N) is 1. The van der Waals surface area contributed by atoms with E-state index in [0.717, 1.165) is 16.2 Å². The van der Waals surface area contributed by atoms with Crippen LogP contribution in [0, 0.1) is 11.8 Å². The third kappa shape index (κ3) is 2.96. The summed E-state index contributed by atoms with van der Waals surface area (Å²) in [5, 5.41) is 4.99. The molecule has 0 saturated carbocycles. The van der Waals surface area contributed by atoms with Crippen LogP contribution in [-0.2, 0) is 27.4 Å². The summed E-state index contributed by atoms with van der Waals surface area (Å²) in [5.74, 6) is -0.385. The van der Waals surface area contributed by atoms with E-state index in [1.54, 1.807) is 18.4 Å². The normalized spacial score (nSPS) is 29.3. The maximum atomic E-state index is 13.2. The molecule has 2 amide bonds. The van der Waals surface area contributed by atoms with Crippen LogP contribution in [0.15, 0.2) is 53.9 Å². The SMILES string of the molecule is COc1ccccc1CNC(=O)C1[C@@H]2C=CC3(CN(Cc4cccs4)C(=O)[C@H]13)O2. The number of thiophene rings is 1. The number of fused-ring (bicyclic) bond motifs is 1. The van der Waals surface area contributed by atoms with E-state index in [1.807, 2.05) is 58.8 Å². The zero-order valence-corrected chi connectivity index (χ0v) is 16.9. The Morgan fingerprint density at radius 3 is 3.00 bits per heavy atom. The Balaban J connectivity index is 1.33. The van der Waals surface area contributed by atoms with Gasteiger partial charge < -0.3 is 19.7 Å². The van der Waals surface area contributed by atoms with Crippen LogP contribution in [0.4, 0.5) is 0 Å². The van der Waals surface area contributed by atoms with Crippen molar-refractivity contribution in [2.45, 2.75) is 24.8 Å². The van der Waals surface area contributed by atoms with Gasteiger partial charge in [0.05, 0.1) is 38.1 Å². The molecule has 1 aromatic heterocycles. The van der Waals surface area contributed by atoms with Crippen molar-refractivity contribution in [1.29, 1.82) is 0 Å². The van der Waals surface area contributed by atoms with Crippen molar-refractivity contribution in [2.75, 3.05) is 13.7 Å². The smallest absolute Gasteiger partial charge is 0.230 e. The quantitative estimate of drug-likeness (QED) is 0.743. The Hall–Kier alpha value is -2.64. The number of carbonyl (C=O) groups is 2. The standard InChI is InChI=1S/C22H22N2O4S/c1-27-16-7-3-2-5-14(16)11-23-20(25)18-17-8-9-22(28-17)13-24(21(26)19(18)22)12-15-6-4-10-29-15/h2-10,17-19H,11-13H2,1H3,(H,23,25)/t17-,18?,19-,22?/m0/s1. The minimum Gasteiger partial charge on any atom is -0.496 e. The molecule has 3 aliphatic rings. The highest BCUT2D eigenvalue weighted by molar-refractivity contribution is 7.09. The third-order valence-corrected chi connectivity index (χ3v) is 6.92. The Morgan fingerprint density at radius 2 is 2.21 bits per heavy atom. The zero-order valence-electron chi connectivity index (χ0n) is 16.0. The lowest BCUT2D eigenvalue weighted by Gasteiger charge is -2.23. The van der Waals surface area contributed by atoms with Gasteiger partial charge in [0.1, 0.15) is 11.4 Å². The molecule has 2 aromatic rings. The van der Waals surface area contributed by atoms with Gasteiger partial charge in [-0.1, -0.05) is 36.4 Å². The second-order valence-corrected chi connectivity index (χ2v) is 8.74. The van der Waals surface area contributed by atoms with Gasteiger partial charge >= 0.3 is 0 Å². The van der Waals surface area contributed by atoms with Crippen LogP contribution in [0.5, 0.6) is 5.75 Å². The van der Waals surface area contributed by atoms with Gasteiger partial charge in [0.25, 0.3) is 0 Å². The molecular weight excluding hydrogens is 388 g/mol. The molecule has 4 atom stereocenters. The molecule has 2 saturated heterocycles. The molecule has 150 valence electrons. The maximum absolute atomic E-state index is 13.2. The van der Waals surface area contributed by atoms with Crippen molar-refractivity contribution in [3.8, 4) is 5.75 Å². The van der Waals surface area contributed by atoms with Crippen LogP contribution in [0.25, 0.3) is 0 Å². The molecule has 1 spiro atoms. The number of carbonyl (C=O) groups excluding carboxylic acids is 2. The Kier molecular flexibility index (Phi) is 4.44. The van der Waals surface area contributed by atoms with Crippen molar-refractivity contribution >= 4 is 23.2 Å². The minimum atomic E-state index is -0.675. The first-order valence-electron chi connectivity index (χ1n) is 9.69. The van der Waals surface area contributed by atoms with Crippen molar-refractivity contribution in [2.24, 2.45) is 11.8 Å². The predicted molar refractivity (Wildman–Crippen MR) is 108 cm³/mol. The molecule has 6 nitrogen and oxygen atoms in total. The lowest BCUT2D eigenvalue weighted by atomic mass is 9.77. The first-order chi connectivity index (χ1) is 14.1. The van der Waals surface area contributed by atoms with Gasteiger partial charge in [0, 0.05) is 17.0 Å². The molecule has 2 unspecified atom stereocenters. The second kappa shape index (κ2) is 7.00. The van der Waals surface area contributed by atoms with E-state index in [-0.39, 0.29) is 17.9 Å². The van der Waals surface area contributed by atoms with E-state index < -0.39 is 17.4 Å². The number of hydrogen-bond donors (Lipinski definition) is 1. The van der Waals surface area contributed by atoms with Gasteiger partial charge in [0.15, 0.2) is 0 Å². The molecule has 29 heavy (non-hydrogen) atoms. The van der Waals surface area contributed by atoms with E-state index in [2.05, 4.69) is 5.32 Å². The van der Waals surface area contributed by atoms with Gasteiger partial charge in [-0.25, -0.2) is 0 Å². The minimum absolute atomic E-state index is 0.00249. The highest BCUT2D eigenvalue weighted by atomic mass is 32.1. The van der Waals surface area contributed by atoms with Crippen LogP contribution in [0.3, 0.4) is 0 Å². The molecular formula is C22H22N2O4S. The molecule has 1 aromatic carbocycles. The summed E-state index contributed by atoms with van der Waals surface area (Å²) in [4.78, 5) is 29.2. The van der Waals surface area contributed by atoms with Crippen LogP contribution in [0.2, 0.25) is 0 Å². The average Bonchev–Trinajstić information content (AvgIpc) is 3.50. The Morgan fingerprint density at radius 1 is 1.34 bits per heavy atom. The summed E-state index contributed by atoms with van der Waals surface area (Å²) in [6.45, 7) is 1.41. The number of benzene rings is 1. The lowest BCUT2D eigenvalue weighted by molar-refractivity contribution is -0.137. The van der Waals surface area contributed by atoms with Gasteiger partial charge in [-0.05, 0) is 17.5 Å². The first kappa shape index (κ1) is 18.4. The van der Waals surface area contributed by atoms with Gasteiger partial charge in [-0.15, -0.1) is 11.3 Å². The van der Waals surface area contributed by atoms with Gasteiger partial charge in [-0.3, -0.25) is 9.59 Å². The maximum Gasteiger partial charge on any atom is 0.230 e. The fraction of sp³-hybridized carbons (Fsp3) is 0.364. The molecule has 0 radical (unpaired) electrons. The largest absolute Gasteiger partial charge is 0.496 e. The number of amides is 2. The molecule has 4 heterocycles. The van der Waals surface area contributed by atoms with Crippen molar-refractivity contribution in [3.05, 3.63) is 64.4 Å². The van der Waals surface area contributed by atoms with E-state index in [4.69, 9.17) is 9.47 Å². The predicted octanol–water partition coefficient (Wildman–Crippen LogP) is 2.36. The molecule has 2 fully saturated rings. The summed E-state index contributed by atoms with van der Waals surface area (Å²) in [6, 6.07) is 11.6. The van der Waals surface area contributed by atoms with Crippen molar-refractivity contribution in [1.82, 2.24) is 10.2 Å². The van der Waals surface area contributed by atoms with E-state index >= 15 is 0 Å². The summed E-state index contributed by atoms with van der Waals surface area (Å²) in [7, 11) is 1.61. The number of hydrogen-bond acceptors (Lipinski definition) is 5. The average molecular weight is 410 g/mol. The number of para-hydroxylation sites is 1. The zero-order chi connectivity index (χ0) is 20.0.